The summed E-state index contributed by atoms with van der Waals surface area (Å²) in [5.41, 5.74) is 0. The third kappa shape index (κ3) is 44.9. The van der Waals surface area contributed by atoms with E-state index in [1.165, 1.54) is 32.1 Å². The zero-order chi connectivity index (χ0) is 43.7. The molecule has 1 atom stereocenters. The van der Waals surface area contributed by atoms with Crippen LogP contribution < -0.4 is 0 Å². The van der Waals surface area contributed by atoms with Gasteiger partial charge >= 0.3 is 17.9 Å². The summed E-state index contributed by atoms with van der Waals surface area (Å²) in [6.07, 6.45) is 64.7. The number of hydrogen-bond acceptors (Lipinski definition) is 6. The molecule has 6 nitrogen and oxygen atoms in total. The largest absolute Gasteiger partial charge is 0.462 e. The van der Waals surface area contributed by atoms with Gasteiger partial charge in [-0.25, -0.2) is 0 Å². The molecule has 0 saturated carbocycles. The van der Waals surface area contributed by atoms with Crippen molar-refractivity contribution in [3.8, 4) is 0 Å². The lowest BCUT2D eigenvalue weighted by molar-refractivity contribution is -0.167. The first-order valence-corrected chi connectivity index (χ1v) is 23.6. The van der Waals surface area contributed by atoms with Crippen LogP contribution in [0.2, 0.25) is 0 Å². The van der Waals surface area contributed by atoms with Crippen LogP contribution in [0.15, 0.2) is 122 Å². The van der Waals surface area contributed by atoms with Crippen LogP contribution in [0.25, 0.3) is 0 Å². The van der Waals surface area contributed by atoms with E-state index in [1.807, 2.05) is 36.5 Å². The summed E-state index contributed by atoms with van der Waals surface area (Å²) in [6, 6.07) is 0. The van der Waals surface area contributed by atoms with Crippen molar-refractivity contribution in [3.63, 3.8) is 0 Å². The van der Waals surface area contributed by atoms with Gasteiger partial charge in [0, 0.05) is 19.3 Å². The SMILES string of the molecule is CC\C=C/C=C\C=C/C=C\CCCCCC(=O)OC(COC(=O)CCC/C=C\C/C=C\C/C=C\C/C=C\C/C=C\CC)COC(=O)CCCCCCC/C=C\CCCCC. The summed E-state index contributed by atoms with van der Waals surface area (Å²) in [5.74, 6) is -1.04. The summed E-state index contributed by atoms with van der Waals surface area (Å²) in [6.45, 7) is 6.23. The van der Waals surface area contributed by atoms with Crippen LogP contribution >= 0.6 is 0 Å². The van der Waals surface area contributed by atoms with E-state index in [2.05, 4.69) is 106 Å². The molecular formula is C54H84O6. The minimum atomic E-state index is -0.826. The van der Waals surface area contributed by atoms with Crippen molar-refractivity contribution < 1.29 is 28.6 Å². The zero-order valence-electron chi connectivity index (χ0n) is 38.2. The third-order valence-corrected chi connectivity index (χ3v) is 9.28. The predicted octanol–water partition coefficient (Wildman–Crippen LogP) is 15.4. The van der Waals surface area contributed by atoms with Crippen LogP contribution in [-0.4, -0.2) is 37.2 Å². The van der Waals surface area contributed by atoms with Gasteiger partial charge in [0.1, 0.15) is 13.2 Å². The van der Waals surface area contributed by atoms with Gasteiger partial charge in [0.2, 0.25) is 0 Å². The van der Waals surface area contributed by atoms with Gasteiger partial charge < -0.3 is 14.2 Å². The predicted molar refractivity (Wildman–Crippen MR) is 256 cm³/mol. The summed E-state index contributed by atoms with van der Waals surface area (Å²) >= 11 is 0. The van der Waals surface area contributed by atoms with Crippen LogP contribution in [0.3, 0.4) is 0 Å². The molecule has 0 aliphatic carbocycles. The second-order valence-electron chi connectivity index (χ2n) is 15.0. The summed E-state index contributed by atoms with van der Waals surface area (Å²) < 4.78 is 16.6. The molecule has 0 N–H and O–H groups in total. The lowest BCUT2D eigenvalue weighted by Crippen LogP contribution is -2.30. The Morgan fingerprint density at radius 3 is 1.32 bits per heavy atom. The highest BCUT2D eigenvalue weighted by Gasteiger charge is 2.19. The van der Waals surface area contributed by atoms with Gasteiger partial charge in [-0.3, -0.25) is 14.4 Å². The van der Waals surface area contributed by atoms with E-state index in [0.717, 1.165) is 96.3 Å². The fourth-order valence-corrected chi connectivity index (χ4v) is 5.77. The highest BCUT2D eigenvalue weighted by molar-refractivity contribution is 5.71. The first-order valence-electron chi connectivity index (χ1n) is 23.6. The molecule has 0 aromatic carbocycles. The summed E-state index contributed by atoms with van der Waals surface area (Å²) in [5, 5.41) is 0. The van der Waals surface area contributed by atoms with Crippen LogP contribution in [0.4, 0.5) is 0 Å². The molecule has 0 aliphatic rings. The number of carbonyl (C=O) groups is 3. The number of ether oxygens (including phenoxy) is 3. The quantitative estimate of drug-likeness (QED) is 0.0201. The van der Waals surface area contributed by atoms with E-state index in [-0.39, 0.29) is 44.0 Å². The van der Waals surface area contributed by atoms with Gasteiger partial charge in [-0.15, -0.1) is 0 Å². The number of allylic oxidation sites excluding steroid dienone is 20. The van der Waals surface area contributed by atoms with E-state index >= 15 is 0 Å². The molecule has 0 amide bonds. The molecule has 6 heteroatoms. The molecule has 0 rings (SSSR count). The molecule has 0 fully saturated rings. The second kappa shape index (κ2) is 47.5. The van der Waals surface area contributed by atoms with Crippen LogP contribution in [0, 0.1) is 0 Å². The van der Waals surface area contributed by atoms with Crippen molar-refractivity contribution in [1.29, 1.82) is 0 Å². The molecule has 0 heterocycles. The van der Waals surface area contributed by atoms with Gasteiger partial charge in [-0.1, -0.05) is 181 Å². The normalized spacial score (nSPS) is 13.2. The minimum Gasteiger partial charge on any atom is -0.462 e. The van der Waals surface area contributed by atoms with Gasteiger partial charge in [-0.05, 0) is 103 Å². The van der Waals surface area contributed by atoms with Crippen molar-refractivity contribution in [3.05, 3.63) is 122 Å². The van der Waals surface area contributed by atoms with Crippen molar-refractivity contribution in [2.75, 3.05) is 13.2 Å². The molecule has 336 valence electrons. The number of rotatable bonds is 40. The first-order chi connectivity index (χ1) is 29.5. The summed E-state index contributed by atoms with van der Waals surface area (Å²) in [7, 11) is 0. The minimum absolute atomic E-state index is 0.120. The van der Waals surface area contributed by atoms with Gasteiger partial charge in [0.25, 0.3) is 0 Å². The Bertz CT molecular complexity index is 1320. The molecule has 0 bridgehead atoms. The molecule has 0 aliphatic heterocycles. The molecule has 0 aromatic heterocycles. The van der Waals surface area contributed by atoms with Crippen molar-refractivity contribution in [1.82, 2.24) is 0 Å². The molecule has 1 unspecified atom stereocenters. The average Bonchev–Trinajstić information content (AvgIpc) is 3.24. The van der Waals surface area contributed by atoms with Crippen molar-refractivity contribution in [2.24, 2.45) is 0 Å². The topological polar surface area (TPSA) is 78.9 Å². The number of carbonyl (C=O) groups excluding carboxylic acids is 3. The Balaban J connectivity index is 4.57. The molecule has 0 saturated heterocycles. The maximum absolute atomic E-state index is 12.7. The fourth-order valence-electron chi connectivity index (χ4n) is 5.77. The number of hydrogen-bond donors (Lipinski definition) is 0. The standard InChI is InChI=1S/C54H84O6/c1-4-7-10-13-16-19-22-25-26-27-28-30-32-35-38-41-44-47-53(56)59-50-51(49-58-52(55)46-43-40-37-34-31-24-21-18-15-12-9-6-3)60-54(57)48-45-42-39-36-33-29-23-20-17-14-11-8-5-2/h7-8,10-11,14,16-21,23,25-26,28-30,33,35,38,51H,4-6,9,12-13,15,22,24,27,31-32,34,36-37,39-50H2,1-3H3/b10-7-,11-8-,17-14-,19-16-,21-18-,23-20-,26-25-,30-28-,33-29-,38-35-. The Labute approximate surface area is 367 Å². The average molecular weight is 829 g/mol. The zero-order valence-corrected chi connectivity index (χ0v) is 38.2. The third-order valence-electron chi connectivity index (χ3n) is 9.28. The maximum atomic E-state index is 12.7. The highest BCUT2D eigenvalue weighted by atomic mass is 16.6. The van der Waals surface area contributed by atoms with Gasteiger partial charge in [0.15, 0.2) is 6.10 Å². The van der Waals surface area contributed by atoms with E-state index in [0.29, 0.717) is 19.3 Å². The van der Waals surface area contributed by atoms with E-state index < -0.39 is 6.10 Å². The van der Waals surface area contributed by atoms with Crippen molar-refractivity contribution in [2.45, 2.75) is 187 Å². The monoisotopic (exact) mass is 829 g/mol. The van der Waals surface area contributed by atoms with Gasteiger partial charge in [0.05, 0.1) is 0 Å². The van der Waals surface area contributed by atoms with E-state index in [4.69, 9.17) is 14.2 Å². The molecule has 0 aromatic rings. The maximum Gasteiger partial charge on any atom is 0.306 e. The molecule has 0 radical (unpaired) electrons. The van der Waals surface area contributed by atoms with E-state index in [9.17, 15) is 14.4 Å². The van der Waals surface area contributed by atoms with E-state index in [1.54, 1.807) is 0 Å². The Morgan fingerprint density at radius 2 is 0.750 bits per heavy atom. The Kier molecular flexibility index (Phi) is 44.2. The highest BCUT2D eigenvalue weighted by Crippen LogP contribution is 2.11. The number of esters is 3. The number of unbranched alkanes of at least 4 members (excludes halogenated alkanes) is 12. The second-order valence-corrected chi connectivity index (χ2v) is 15.0. The van der Waals surface area contributed by atoms with Crippen LogP contribution in [-0.2, 0) is 28.6 Å². The van der Waals surface area contributed by atoms with Gasteiger partial charge in [-0.2, -0.15) is 0 Å². The van der Waals surface area contributed by atoms with Crippen molar-refractivity contribution >= 4 is 17.9 Å². The smallest absolute Gasteiger partial charge is 0.306 e. The molecular weight excluding hydrogens is 745 g/mol. The molecule has 60 heavy (non-hydrogen) atoms. The lowest BCUT2D eigenvalue weighted by atomic mass is 10.1. The Morgan fingerprint density at radius 1 is 0.367 bits per heavy atom. The van der Waals surface area contributed by atoms with Crippen LogP contribution in [0.5, 0.6) is 0 Å². The van der Waals surface area contributed by atoms with Crippen LogP contribution in [0.1, 0.15) is 181 Å². The summed E-state index contributed by atoms with van der Waals surface area (Å²) in [4.78, 5) is 37.8. The Hall–Kier alpha value is -4.19. The first kappa shape index (κ1) is 55.8. The molecule has 0 spiro atoms. The lowest BCUT2D eigenvalue weighted by Gasteiger charge is -2.18. The fraction of sp³-hybridized carbons (Fsp3) is 0.574.